The molecule has 3 aromatic carbocycles. The summed E-state index contributed by atoms with van der Waals surface area (Å²) in [6, 6.07) is 21.3. The number of unbranched alkanes of at least 4 members (excludes halogenated alkanes) is 3. The zero-order chi connectivity index (χ0) is 23.9. The van der Waals surface area contributed by atoms with Gasteiger partial charge in [0.15, 0.2) is 5.76 Å². The second-order valence-corrected chi connectivity index (χ2v) is 8.94. The van der Waals surface area contributed by atoms with Crippen LogP contribution in [0, 0.1) is 0 Å². The van der Waals surface area contributed by atoms with Crippen molar-refractivity contribution in [2.45, 2.75) is 32.6 Å². The molecule has 1 N–H and O–H groups in total. The Labute approximate surface area is 207 Å². The summed E-state index contributed by atoms with van der Waals surface area (Å²) in [5.74, 6) is 0.202. The number of hydrogen-bond donors (Lipinski definition) is 1. The Balaban J connectivity index is 1.53. The molecule has 0 saturated carbocycles. The minimum atomic E-state index is -0.328. The fourth-order valence-corrected chi connectivity index (χ4v) is 3.93. The molecule has 1 aromatic heterocycles. The van der Waals surface area contributed by atoms with Gasteiger partial charge < -0.3 is 14.5 Å². The van der Waals surface area contributed by atoms with Crippen molar-refractivity contribution in [3.05, 3.63) is 94.2 Å². The van der Waals surface area contributed by atoms with Crippen molar-refractivity contribution in [1.29, 1.82) is 0 Å². The standard InChI is InChI=1S/C28H26BrNO4/c1-2-3-4-7-18-33-22-16-12-20(13-17-22)28(32)30-25-23-8-5-6-9-24(23)34-27(25)26(31)19-10-14-21(29)15-11-19/h5-6,8-17H,2-4,7,18H2,1H3,(H,30,32). The van der Waals surface area contributed by atoms with Crippen molar-refractivity contribution in [3.8, 4) is 5.75 Å². The van der Waals surface area contributed by atoms with E-state index in [0.29, 0.717) is 34.4 Å². The second-order valence-electron chi connectivity index (χ2n) is 8.03. The maximum Gasteiger partial charge on any atom is 0.255 e. The summed E-state index contributed by atoms with van der Waals surface area (Å²) >= 11 is 3.38. The van der Waals surface area contributed by atoms with Crippen LogP contribution in [0.2, 0.25) is 0 Å². The van der Waals surface area contributed by atoms with Crippen molar-refractivity contribution in [2.24, 2.45) is 0 Å². The number of halogens is 1. The van der Waals surface area contributed by atoms with Gasteiger partial charge in [0, 0.05) is 21.0 Å². The number of benzene rings is 3. The molecule has 0 aliphatic rings. The van der Waals surface area contributed by atoms with E-state index in [0.717, 1.165) is 23.1 Å². The van der Waals surface area contributed by atoms with Gasteiger partial charge in [-0.05, 0) is 67.1 Å². The van der Waals surface area contributed by atoms with Gasteiger partial charge in [-0.1, -0.05) is 54.2 Å². The van der Waals surface area contributed by atoms with E-state index in [-0.39, 0.29) is 17.5 Å². The Bertz CT molecular complexity index is 1280. The second kappa shape index (κ2) is 11.2. The molecule has 0 bridgehead atoms. The molecular formula is C28H26BrNO4. The Morgan fingerprint density at radius 3 is 2.32 bits per heavy atom. The van der Waals surface area contributed by atoms with Crippen LogP contribution in [0.4, 0.5) is 5.69 Å². The molecule has 174 valence electrons. The summed E-state index contributed by atoms with van der Waals surface area (Å²) in [4.78, 5) is 26.2. The number of anilines is 1. The van der Waals surface area contributed by atoms with E-state index < -0.39 is 0 Å². The SMILES string of the molecule is CCCCCCOc1ccc(C(=O)Nc2c(C(=O)c3ccc(Br)cc3)oc3ccccc23)cc1. The van der Waals surface area contributed by atoms with Crippen LogP contribution in [0.1, 0.15) is 59.1 Å². The van der Waals surface area contributed by atoms with Crippen molar-refractivity contribution >= 4 is 44.3 Å². The fraction of sp³-hybridized carbons (Fsp3) is 0.214. The lowest BCUT2D eigenvalue weighted by Gasteiger charge is -2.08. The van der Waals surface area contributed by atoms with Crippen LogP contribution >= 0.6 is 15.9 Å². The number of ether oxygens (including phenoxy) is 1. The van der Waals surface area contributed by atoms with Crippen LogP contribution in [0.5, 0.6) is 5.75 Å². The van der Waals surface area contributed by atoms with E-state index in [2.05, 4.69) is 28.2 Å². The van der Waals surface area contributed by atoms with Gasteiger partial charge in [0.2, 0.25) is 5.78 Å². The zero-order valence-electron chi connectivity index (χ0n) is 19.0. The predicted octanol–water partition coefficient (Wildman–Crippen LogP) is 7.64. The normalized spacial score (nSPS) is 10.9. The molecule has 0 aliphatic heterocycles. The molecule has 0 atom stereocenters. The number of furan rings is 1. The minimum absolute atomic E-state index is 0.101. The van der Waals surface area contributed by atoms with E-state index in [4.69, 9.17) is 9.15 Å². The first-order chi connectivity index (χ1) is 16.6. The summed E-state index contributed by atoms with van der Waals surface area (Å²) in [5.41, 5.74) is 1.83. The molecule has 0 unspecified atom stereocenters. The fourth-order valence-electron chi connectivity index (χ4n) is 3.67. The quantitative estimate of drug-likeness (QED) is 0.172. The van der Waals surface area contributed by atoms with Crippen molar-refractivity contribution in [2.75, 3.05) is 11.9 Å². The van der Waals surface area contributed by atoms with Gasteiger partial charge in [-0.25, -0.2) is 0 Å². The summed E-state index contributed by atoms with van der Waals surface area (Å²) in [5, 5.41) is 3.56. The van der Waals surface area contributed by atoms with Crippen LogP contribution in [0.15, 0.2) is 81.7 Å². The first-order valence-electron chi connectivity index (χ1n) is 11.4. The third kappa shape index (κ3) is 5.57. The molecular weight excluding hydrogens is 494 g/mol. The number of hydrogen-bond acceptors (Lipinski definition) is 4. The number of carbonyl (C=O) groups excluding carboxylic acids is 2. The molecule has 0 fully saturated rings. The van der Waals surface area contributed by atoms with Crippen LogP contribution < -0.4 is 10.1 Å². The molecule has 0 saturated heterocycles. The van der Waals surface area contributed by atoms with Gasteiger partial charge in [0.25, 0.3) is 5.91 Å². The predicted molar refractivity (Wildman–Crippen MR) is 138 cm³/mol. The lowest BCUT2D eigenvalue weighted by Crippen LogP contribution is -2.14. The molecule has 34 heavy (non-hydrogen) atoms. The largest absolute Gasteiger partial charge is 0.494 e. The van der Waals surface area contributed by atoms with E-state index in [9.17, 15) is 9.59 Å². The van der Waals surface area contributed by atoms with Crippen molar-refractivity contribution in [3.63, 3.8) is 0 Å². The summed E-state index contributed by atoms with van der Waals surface area (Å²) in [6.45, 7) is 2.84. The number of carbonyl (C=O) groups is 2. The van der Waals surface area contributed by atoms with Gasteiger partial charge in [0.1, 0.15) is 11.3 Å². The van der Waals surface area contributed by atoms with Crippen molar-refractivity contribution in [1.82, 2.24) is 0 Å². The Morgan fingerprint density at radius 1 is 0.882 bits per heavy atom. The molecule has 5 nitrogen and oxygen atoms in total. The average Bonchev–Trinajstić information content (AvgIpc) is 3.22. The van der Waals surface area contributed by atoms with Gasteiger partial charge in [-0.3, -0.25) is 9.59 Å². The van der Waals surface area contributed by atoms with Gasteiger partial charge in [0.05, 0.1) is 12.3 Å². The lowest BCUT2D eigenvalue weighted by molar-refractivity contribution is 0.101. The molecule has 0 radical (unpaired) electrons. The smallest absolute Gasteiger partial charge is 0.255 e. The third-order valence-corrected chi connectivity index (χ3v) is 6.06. The molecule has 1 heterocycles. The third-order valence-electron chi connectivity index (χ3n) is 5.53. The van der Waals surface area contributed by atoms with E-state index in [1.54, 1.807) is 54.6 Å². The molecule has 6 heteroatoms. The van der Waals surface area contributed by atoms with Crippen LogP contribution in [-0.2, 0) is 0 Å². The number of ketones is 1. The molecule has 1 amide bonds. The monoisotopic (exact) mass is 519 g/mol. The van der Waals surface area contributed by atoms with Gasteiger partial charge >= 0.3 is 0 Å². The van der Waals surface area contributed by atoms with Gasteiger partial charge in [-0.15, -0.1) is 0 Å². The average molecular weight is 520 g/mol. The Hall–Kier alpha value is -3.38. The summed E-state index contributed by atoms with van der Waals surface area (Å²) in [7, 11) is 0. The van der Waals surface area contributed by atoms with Crippen LogP contribution in [0.25, 0.3) is 11.0 Å². The molecule has 0 spiro atoms. The number of nitrogens with one attached hydrogen (secondary N) is 1. The highest BCUT2D eigenvalue weighted by molar-refractivity contribution is 9.10. The minimum Gasteiger partial charge on any atom is -0.494 e. The van der Waals surface area contributed by atoms with E-state index >= 15 is 0 Å². The van der Waals surface area contributed by atoms with Gasteiger partial charge in [-0.2, -0.15) is 0 Å². The summed E-state index contributed by atoms with van der Waals surface area (Å²) in [6.07, 6.45) is 4.56. The maximum absolute atomic E-state index is 13.2. The molecule has 4 rings (SSSR count). The first-order valence-corrected chi connectivity index (χ1v) is 12.2. The highest BCUT2D eigenvalue weighted by atomic mass is 79.9. The molecule has 4 aromatic rings. The van der Waals surface area contributed by atoms with Crippen LogP contribution in [-0.4, -0.2) is 18.3 Å². The Morgan fingerprint density at radius 2 is 1.59 bits per heavy atom. The topological polar surface area (TPSA) is 68.5 Å². The number of fused-ring (bicyclic) bond motifs is 1. The van der Waals surface area contributed by atoms with E-state index in [1.807, 2.05) is 18.2 Å². The molecule has 0 aliphatic carbocycles. The number of rotatable bonds is 10. The maximum atomic E-state index is 13.2. The summed E-state index contributed by atoms with van der Waals surface area (Å²) < 4.78 is 12.5. The van der Waals surface area contributed by atoms with E-state index in [1.165, 1.54) is 12.8 Å². The zero-order valence-corrected chi connectivity index (χ0v) is 20.6. The number of amides is 1. The highest BCUT2D eigenvalue weighted by Gasteiger charge is 2.23. The van der Waals surface area contributed by atoms with Crippen LogP contribution in [0.3, 0.4) is 0 Å². The first kappa shape index (κ1) is 23.8. The number of para-hydroxylation sites is 1. The Kier molecular flexibility index (Phi) is 7.80. The van der Waals surface area contributed by atoms with Crippen molar-refractivity contribution < 1.29 is 18.7 Å². The lowest BCUT2D eigenvalue weighted by atomic mass is 10.1. The highest BCUT2D eigenvalue weighted by Crippen LogP contribution is 2.33.